The predicted molar refractivity (Wildman–Crippen MR) is 116 cm³/mol. The average molecular weight is 416 g/mol. The lowest BCUT2D eigenvalue weighted by atomic mass is 9.96. The maximum Gasteiger partial charge on any atom is 0.345 e. The van der Waals surface area contributed by atoms with Gasteiger partial charge in [0, 0.05) is 6.04 Å². The number of hydrazone groups is 1. The topological polar surface area (TPSA) is 62.7 Å². The van der Waals surface area contributed by atoms with Crippen molar-refractivity contribution >= 4 is 41.1 Å². The maximum atomic E-state index is 12.2. The Morgan fingerprint density at radius 3 is 2.54 bits per heavy atom. The standard InChI is InChI=1S/C21H22ClN3O2S/c22-19-9-5-4-8-18(19)20(26)27-17-12-10-15(11-13-17)14-23-25-21(28)24-16-6-2-1-3-7-16/h4-5,8-14,16H,1-3,6-7H2,(H2,24,25,28)/b23-14-. The molecule has 2 aromatic rings. The highest BCUT2D eigenvalue weighted by molar-refractivity contribution is 7.80. The third-order valence-corrected chi connectivity index (χ3v) is 5.04. The molecule has 2 N–H and O–H groups in total. The summed E-state index contributed by atoms with van der Waals surface area (Å²) in [4.78, 5) is 12.2. The van der Waals surface area contributed by atoms with Crippen molar-refractivity contribution in [1.82, 2.24) is 10.7 Å². The van der Waals surface area contributed by atoms with Crippen LogP contribution in [0.1, 0.15) is 48.0 Å². The minimum atomic E-state index is -0.493. The fourth-order valence-electron chi connectivity index (χ4n) is 3.04. The third kappa shape index (κ3) is 6.04. The Labute approximate surface area is 175 Å². The zero-order valence-corrected chi connectivity index (χ0v) is 16.9. The highest BCUT2D eigenvalue weighted by Crippen LogP contribution is 2.19. The number of ether oxygens (including phenoxy) is 1. The second-order valence-corrected chi connectivity index (χ2v) is 7.43. The lowest BCUT2D eigenvalue weighted by molar-refractivity contribution is 0.0735. The molecule has 1 fully saturated rings. The van der Waals surface area contributed by atoms with E-state index >= 15 is 0 Å². The van der Waals surface area contributed by atoms with Crippen molar-refractivity contribution in [3.8, 4) is 5.75 Å². The number of carbonyl (C=O) groups is 1. The molecule has 146 valence electrons. The first-order chi connectivity index (χ1) is 13.6. The van der Waals surface area contributed by atoms with Gasteiger partial charge in [0.2, 0.25) is 0 Å². The Morgan fingerprint density at radius 1 is 1.11 bits per heavy atom. The fraction of sp³-hybridized carbons (Fsp3) is 0.286. The van der Waals surface area contributed by atoms with Crippen molar-refractivity contribution in [3.05, 3.63) is 64.7 Å². The van der Waals surface area contributed by atoms with E-state index in [9.17, 15) is 4.79 Å². The van der Waals surface area contributed by atoms with Crippen LogP contribution in [0.2, 0.25) is 5.02 Å². The minimum absolute atomic E-state index is 0.331. The number of hydrogen-bond donors (Lipinski definition) is 2. The van der Waals surface area contributed by atoms with Crippen molar-refractivity contribution in [2.75, 3.05) is 0 Å². The van der Waals surface area contributed by atoms with Gasteiger partial charge >= 0.3 is 5.97 Å². The first-order valence-electron chi connectivity index (χ1n) is 9.28. The van der Waals surface area contributed by atoms with Gasteiger partial charge in [-0.15, -0.1) is 0 Å². The van der Waals surface area contributed by atoms with Crippen LogP contribution in [0.15, 0.2) is 53.6 Å². The summed E-state index contributed by atoms with van der Waals surface area (Å²) in [6, 6.07) is 14.2. The Hall–Kier alpha value is -2.44. The second kappa shape index (κ2) is 10.2. The number of esters is 1. The van der Waals surface area contributed by atoms with Gasteiger partial charge in [-0.1, -0.05) is 43.0 Å². The monoisotopic (exact) mass is 415 g/mol. The van der Waals surface area contributed by atoms with E-state index in [-0.39, 0.29) is 0 Å². The van der Waals surface area contributed by atoms with E-state index in [1.165, 1.54) is 19.3 Å². The molecule has 1 saturated carbocycles. The van der Waals surface area contributed by atoms with Crippen molar-refractivity contribution < 1.29 is 9.53 Å². The van der Waals surface area contributed by atoms with Crippen LogP contribution in [0.3, 0.4) is 0 Å². The molecule has 5 nitrogen and oxygen atoms in total. The number of nitrogens with zero attached hydrogens (tertiary/aromatic N) is 1. The molecule has 0 unspecified atom stereocenters. The number of rotatable bonds is 5. The van der Waals surface area contributed by atoms with Crippen LogP contribution in [0.4, 0.5) is 0 Å². The van der Waals surface area contributed by atoms with Gasteiger partial charge < -0.3 is 10.1 Å². The van der Waals surface area contributed by atoms with Crippen LogP contribution in [0.5, 0.6) is 5.75 Å². The molecular weight excluding hydrogens is 394 g/mol. The van der Waals surface area contributed by atoms with Gasteiger partial charge in [0.05, 0.1) is 16.8 Å². The average Bonchev–Trinajstić information content (AvgIpc) is 2.70. The highest BCUT2D eigenvalue weighted by Gasteiger charge is 2.14. The second-order valence-electron chi connectivity index (χ2n) is 6.62. The summed E-state index contributed by atoms with van der Waals surface area (Å²) in [6.07, 6.45) is 7.77. The van der Waals surface area contributed by atoms with Gasteiger partial charge in [-0.3, -0.25) is 5.43 Å². The number of nitrogens with one attached hydrogen (secondary N) is 2. The summed E-state index contributed by atoms with van der Waals surface area (Å²) >= 11 is 11.3. The number of benzene rings is 2. The molecule has 28 heavy (non-hydrogen) atoms. The number of carbonyl (C=O) groups excluding carboxylic acids is 1. The van der Waals surface area contributed by atoms with Gasteiger partial charge in [0.25, 0.3) is 0 Å². The molecule has 0 heterocycles. The normalized spacial score (nSPS) is 14.6. The van der Waals surface area contributed by atoms with E-state index in [1.807, 2.05) is 0 Å². The minimum Gasteiger partial charge on any atom is -0.423 e. The Bertz CT molecular complexity index is 849. The third-order valence-electron chi connectivity index (χ3n) is 4.50. The van der Waals surface area contributed by atoms with Crippen LogP contribution in [-0.4, -0.2) is 23.3 Å². The summed E-state index contributed by atoms with van der Waals surface area (Å²) in [5.41, 5.74) is 4.03. The smallest absolute Gasteiger partial charge is 0.345 e. The SMILES string of the molecule is O=C(Oc1ccc(/C=N\NC(=S)NC2CCCCC2)cc1)c1ccccc1Cl. The molecule has 0 amide bonds. The summed E-state index contributed by atoms with van der Waals surface area (Å²) < 4.78 is 5.35. The lowest BCUT2D eigenvalue weighted by Gasteiger charge is -2.23. The zero-order valence-electron chi connectivity index (χ0n) is 15.4. The van der Waals surface area contributed by atoms with Gasteiger partial charge in [-0.2, -0.15) is 5.10 Å². The molecule has 0 aliphatic heterocycles. The molecule has 2 aromatic carbocycles. The van der Waals surface area contributed by atoms with Crippen molar-refractivity contribution in [2.45, 2.75) is 38.1 Å². The summed E-state index contributed by atoms with van der Waals surface area (Å²) in [5, 5.41) is 8.34. The fourth-order valence-corrected chi connectivity index (χ4v) is 3.47. The molecule has 0 aromatic heterocycles. The maximum absolute atomic E-state index is 12.2. The predicted octanol–water partition coefficient (Wildman–Crippen LogP) is 4.69. The van der Waals surface area contributed by atoms with E-state index in [1.54, 1.807) is 54.7 Å². The molecule has 7 heteroatoms. The van der Waals surface area contributed by atoms with Gasteiger partial charge in [-0.05, 0) is 67.0 Å². The van der Waals surface area contributed by atoms with Gasteiger partial charge in [0.1, 0.15) is 5.75 Å². The highest BCUT2D eigenvalue weighted by atomic mass is 35.5. The first-order valence-corrected chi connectivity index (χ1v) is 10.1. The molecule has 1 aliphatic carbocycles. The molecule has 0 bridgehead atoms. The molecular formula is C21H22ClN3O2S. The van der Waals surface area contributed by atoms with Crippen LogP contribution in [0.25, 0.3) is 0 Å². The molecule has 0 atom stereocenters. The van der Waals surface area contributed by atoms with Crippen LogP contribution in [0, 0.1) is 0 Å². The van der Waals surface area contributed by atoms with Gasteiger partial charge in [0.15, 0.2) is 5.11 Å². The largest absolute Gasteiger partial charge is 0.423 e. The molecule has 3 rings (SSSR count). The van der Waals surface area contributed by atoms with E-state index < -0.39 is 5.97 Å². The summed E-state index contributed by atoms with van der Waals surface area (Å²) in [6.45, 7) is 0. The Balaban J connectivity index is 1.48. The van der Waals surface area contributed by atoms with Crippen molar-refractivity contribution in [3.63, 3.8) is 0 Å². The summed E-state index contributed by atoms with van der Waals surface area (Å²) in [5.74, 6) is -0.0580. The number of hydrogen-bond acceptors (Lipinski definition) is 4. The van der Waals surface area contributed by atoms with E-state index in [2.05, 4.69) is 15.8 Å². The molecule has 1 aliphatic rings. The molecule has 0 radical (unpaired) electrons. The first kappa shape index (κ1) is 20.3. The lowest BCUT2D eigenvalue weighted by Crippen LogP contribution is -2.40. The van der Waals surface area contributed by atoms with Crippen LogP contribution < -0.4 is 15.5 Å². The Morgan fingerprint density at radius 2 is 1.82 bits per heavy atom. The molecule has 0 spiro atoms. The van der Waals surface area contributed by atoms with Crippen molar-refractivity contribution in [1.29, 1.82) is 0 Å². The van der Waals surface area contributed by atoms with E-state index in [4.69, 9.17) is 28.6 Å². The van der Waals surface area contributed by atoms with Crippen LogP contribution >= 0.6 is 23.8 Å². The van der Waals surface area contributed by atoms with E-state index in [0.717, 1.165) is 18.4 Å². The van der Waals surface area contributed by atoms with E-state index in [0.29, 0.717) is 27.5 Å². The Kier molecular flexibility index (Phi) is 7.39. The number of halogens is 1. The quantitative estimate of drug-likeness (QED) is 0.244. The van der Waals surface area contributed by atoms with Crippen LogP contribution in [-0.2, 0) is 0 Å². The zero-order chi connectivity index (χ0) is 19.8. The van der Waals surface area contributed by atoms with Gasteiger partial charge in [-0.25, -0.2) is 4.79 Å². The van der Waals surface area contributed by atoms with Crippen molar-refractivity contribution in [2.24, 2.45) is 5.10 Å². The number of thiocarbonyl (C=S) groups is 1. The molecule has 0 saturated heterocycles. The summed E-state index contributed by atoms with van der Waals surface area (Å²) in [7, 11) is 0.